The number of nitrogens with one attached hydrogen (secondary N) is 2. The SMILES string of the molecule is O=c1[nH]nc(-c2c(O)c3ccccc3oc2=O)[nH]1. The number of H-pyrrole nitrogens is 2. The van der Waals surface area contributed by atoms with Gasteiger partial charge in [-0.15, -0.1) is 0 Å². The maximum absolute atomic E-state index is 11.8. The van der Waals surface area contributed by atoms with Crippen molar-refractivity contribution in [1.29, 1.82) is 0 Å². The molecular formula is C11H7N3O4. The molecule has 0 saturated carbocycles. The summed E-state index contributed by atoms with van der Waals surface area (Å²) in [6, 6.07) is 6.54. The molecular weight excluding hydrogens is 238 g/mol. The van der Waals surface area contributed by atoms with Crippen LogP contribution in [0.15, 0.2) is 38.3 Å². The minimum absolute atomic E-state index is 0.0583. The lowest BCUT2D eigenvalue weighted by atomic mass is 10.1. The number of fused-ring (bicyclic) bond motifs is 1. The van der Waals surface area contributed by atoms with E-state index in [1.807, 2.05) is 0 Å². The zero-order valence-corrected chi connectivity index (χ0v) is 8.93. The zero-order chi connectivity index (χ0) is 12.7. The Morgan fingerprint density at radius 2 is 2.00 bits per heavy atom. The minimum atomic E-state index is -0.769. The van der Waals surface area contributed by atoms with Crippen molar-refractivity contribution in [3.63, 3.8) is 0 Å². The van der Waals surface area contributed by atoms with E-state index < -0.39 is 11.3 Å². The van der Waals surface area contributed by atoms with Crippen LogP contribution in [0, 0.1) is 0 Å². The van der Waals surface area contributed by atoms with Crippen molar-refractivity contribution >= 4 is 11.0 Å². The van der Waals surface area contributed by atoms with Gasteiger partial charge in [-0.3, -0.25) is 4.98 Å². The quantitative estimate of drug-likeness (QED) is 0.543. The Bertz CT molecular complexity index is 843. The molecule has 2 aromatic heterocycles. The Kier molecular flexibility index (Phi) is 2.06. The first-order valence-electron chi connectivity index (χ1n) is 5.06. The van der Waals surface area contributed by atoms with E-state index >= 15 is 0 Å². The second kappa shape index (κ2) is 3.59. The molecule has 0 unspecified atom stereocenters. The van der Waals surface area contributed by atoms with Gasteiger partial charge in [0.1, 0.15) is 16.9 Å². The predicted octanol–water partition coefficient (Wildman–Crippen LogP) is 0.577. The summed E-state index contributed by atoms with van der Waals surface area (Å²) < 4.78 is 5.05. The highest BCUT2D eigenvalue weighted by molar-refractivity contribution is 5.88. The van der Waals surface area contributed by atoms with Crippen molar-refractivity contribution in [3.8, 4) is 17.1 Å². The molecule has 0 atom stereocenters. The zero-order valence-electron chi connectivity index (χ0n) is 8.93. The van der Waals surface area contributed by atoms with Crippen molar-refractivity contribution in [2.45, 2.75) is 0 Å². The average Bonchev–Trinajstić information content (AvgIpc) is 2.76. The minimum Gasteiger partial charge on any atom is -0.506 e. The monoisotopic (exact) mass is 245 g/mol. The molecule has 0 amide bonds. The topological polar surface area (TPSA) is 112 Å². The number of nitrogens with zero attached hydrogens (tertiary/aromatic N) is 1. The molecule has 2 heterocycles. The Labute approximate surface area is 98.7 Å². The van der Waals surface area contributed by atoms with E-state index in [1.54, 1.807) is 24.3 Å². The summed E-state index contributed by atoms with van der Waals surface area (Å²) in [6.07, 6.45) is 0. The number of aromatic amines is 2. The summed E-state index contributed by atoms with van der Waals surface area (Å²) in [5.74, 6) is -0.332. The largest absolute Gasteiger partial charge is 0.506 e. The number of rotatable bonds is 1. The number of hydrogen-bond donors (Lipinski definition) is 3. The fourth-order valence-electron chi connectivity index (χ4n) is 1.73. The summed E-state index contributed by atoms with van der Waals surface area (Å²) >= 11 is 0. The van der Waals surface area contributed by atoms with Gasteiger partial charge in [0.15, 0.2) is 5.82 Å². The van der Waals surface area contributed by atoms with Crippen molar-refractivity contribution in [3.05, 3.63) is 45.2 Å². The first-order valence-corrected chi connectivity index (χ1v) is 5.06. The average molecular weight is 245 g/mol. The molecule has 7 nitrogen and oxygen atoms in total. The van der Waals surface area contributed by atoms with Gasteiger partial charge in [-0.2, -0.15) is 5.10 Å². The van der Waals surface area contributed by atoms with Gasteiger partial charge in [-0.05, 0) is 12.1 Å². The molecule has 0 aliphatic heterocycles. The van der Waals surface area contributed by atoms with E-state index in [9.17, 15) is 14.7 Å². The van der Waals surface area contributed by atoms with Crippen LogP contribution in [0.2, 0.25) is 0 Å². The maximum Gasteiger partial charge on any atom is 0.351 e. The van der Waals surface area contributed by atoms with Crippen LogP contribution in [-0.2, 0) is 0 Å². The molecule has 0 spiro atoms. The number of aromatic hydroxyl groups is 1. The number of hydrogen-bond acceptors (Lipinski definition) is 5. The van der Waals surface area contributed by atoms with Crippen LogP contribution in [0.1, 0.15) is 0 Å². The molecule has 0 radical (unpaired) electrons. The second-order valence-corrected chi connectivity index (χ2v) is 3.64. The summed E-state index contributed by atoms with van der Waals surface area (Å²) in [6.45, 7) is 0. The predicted molar refractivity (Wildman–Crippen MR) is 62.4 cm³/mol. The fraction of sp³-hybridized carbons (Fsp3) is 0. The second-order valence-electron chi connectivity index (χ2n) is 3.64. The lowest BCUT2D eigenvalue weighted by Gasteiger charge is -2.02. The highest BCUT2D eigenvalue weighted by atomic mass is 16.4. The van der Waals surface area contributed by atoms with Crippen molar-refractivity contribution in [2.24, 2.45) is 0 Å². The van der Waals surface area contributed by atoms with E-state index in [-0.39, 0.29) is 22.7 Å². The third kappa shape index (κ3) is 1.41. The van der Waals surface area contributed by atoms with E-state index in [0.717, 1.165) is 0 Å². The van der Waals surface area contributed by atoms with Crippen molar-refractivity contribution in [2.75, 3.05) is 0 Å². The molecule has 1 aromatic carbocycles. The number of benzene rings is 1. The molecule has 0 bridgehead atoms. The van der Waals surface area contributed by atoms with E-state index in [0.29, 0.717) is 5.39 Å². The molecule has 0 aliphatic carbocycles. The number of para-hydroxylation sites is 1. The van der Waals surface area contributed by atoms with Crippen LogP contribution in [-0.4, -0.2) is 20.3 Å². The lowest BCUT2D eigenvalue weighted by Crippen LogP contribution is -2.06. The Hall–Kier alpha value is -2.83. The fourth-order valence-corrected chi connectivity index (χ4v) is 1.73. The van der Waals surface area contributed by atoms with Gasteiger partial charge < -0.3 is 9.52 Å². The molecule has 7 heteroatoms. The highest BCUT2D eigenvalue weighted by Gasteiger charge is 2.18. The smallest absolute Gasteiger partial charge is 0.351 e. The normalized spacial score (nSPS) is 10.9. The molecule has 0 aliphatic rings. The standard InChI is InChI=1S/C11H7N3O4/c15-8-5-3-1-2-4-6(5)18-10(16)7(8)9-12-11(17)14-13-9/h1-4,15H,(H2,12,13,14,17). The molecule has 90 valence electrons. The van der Waals surface area contributed by atoms with Gasteiger partial charge in [0, 0.05) is 0 Å². The van der Waals surface area contributed by atoms with Gasteiger partial charge >= 0.3 is 11.3 Å². The van der Waals surface area contributed by atoms with Gasteiger partial charge in [0.25, 0.3) is 0 Å². The summed E-state index contributed by atoms with van der Waals surface area (Å²) in [4.78, 5) is 25.0. The Balaban J connectivity index is 2.43. The van der Waals surface area contributed by atoms with E-state index in [2.05, 4.69) is 15.2 Å². The van der Waals surface area contributed by atoms with Crippen LogP contribution in [0.3, 0.4) is 0 Å². The first kappa shape index (κ1) is 10.3. The molecule has 3 rings (SSSR count). The van der Waals surface area contributed by atoms with Crippen LogP contribution in [0.25, 0.3) is 22.4 Å². The summed E-state index contributed by atoms with van der Waals surface area (Å²) in [7, 11) is 0. The van der Waals surface area contributed by atoms with Crippen LogP contribution < -0.4 is 11.3 Å². The maximum atomic E-state index is 11.8. The van der Waals surface area contributed by atoms with Gasteiger partial charge in [-0.1, -0.05) is 12.1 Å². The summed E-state index contributed by atoms with van der Waals surface area (Å²) in [5.41, 5.74) is -1.25. The van der Waals surface area contributed by atoms with Crippen LogP contribution in [0.5, 0.6) is 5.75 Å². The molecule has 3 N–H and O–H groups in total. The Morgan fingerprint density at radius 3 is 2.72 bits per heavy atom. The lowest BCUT2D eigenvalue weighted by molar-refractivity contribution is 0.470. The van der Waals surface area contributed by atoms with Crippen molar-refractivity contribution in [1.82, 2.24) is 15.2 Å². The van der Waals surface area contributed by atoms with E-state index in [4.69, 9.17) is 4.42 Å². The van der Waals surface area contributed by atoms with Crippen molar-refractivity contribution < 1.29 is 9.52 Å². The summed E-state index contributed by atoms with van der Waals surface area (Å²) in [5, 5.41) is 16.1. The molecule has 18 heavy (non-hydrogen) atoms. The van der Waals surface area contributed by atoms with E-state index in [1.165, 1.54) is 0 Å². The molecule has 0 fully saturated rings. The first-order chi connectivity index (χ1) is 8.66. The Morgan fingerprint density at radius 1 is 1.22 bits per heavy atom. The highest BCUT2D eigenvalue weighted by Crippen LogP contribution is 2.30. The van der Waals surface area contributed by atoms with Crippen LogP contribution in [0.4, 0.5) is 0 Å². The van der Waals surface area contributed by atoms with Gasteiger partial charge in [-0.25, -0.2) is 14.7 Å². The number of aromatic nitrogens is 3. The molecule has 3 aromatic rings. The molecule has 0 saturated heterocycles. The van der Waals surface area contributed by atoms with Crippen LogP contribution >= 0.6 is 0 Å². The van der Waals surface area contributed by atoms with Gasteiger partial charge in [0.05, 0.1) is 5.39 Å². The third-order valence-corrected chi connectivity index (χ3v) is 2.52. The van der Waals surface area contributed by atoms with Gasteiger partial charge in [0.2, 0.25) is 0 Å². The third-order valence-electron chi connectivity index (χ3n) is 2.52.